The zero-order valence-corrected chi connectivity index (χ0v) is 24.4. The van der Waals surface area contributed by atoms with Gasteiger partial charge in [0.15, 0.2) is 5.82 Å². The molecule has 0 aliphatic rings. The van der Waals surface area contributed by atoms with Crippen LogP contribution in [0.3, 0.4) is 0 Å². The summed E-state index contributed by atoms with van der Waals surface area (Å²) in [6.07, 6.45) is 0. The summed E-state index contributed by atoms with van der Waals surface area (Å²) in [6.45, 7) is 0. The average molecular weight is 581 g/mol. The lowest BCUT2D eigenvalue weighted by atomic mass is 9.97. The second-order valence-electron chi connectivity index (χ2n) is 10.9. The van der Waals surface area contributed by atoms with Gasteiger partial charge in [-0.05, 0) is 34.9 Å². The lowest BCUT2D eigenvalue weighted by Crippen LogP contribution is -1.94. The number of furan rings is 1. The van der Waals surface area contributed by atoms with Crippen molar-refractivity contribution in [3.63, 3.8) is 0 Å². The molecule has 3 nitrogen and oxygen atoms in total. The summed E-state index contributed by atoms with van der Waals surface area (Å²) < 4.78 is 8.96. The Morgan fingerprint density at radius 2 is 1.16 bits per heavy atom. The summed E-state index contributed by atoms with van der Waals surface area (Å²) in [4.78, 5) is 10.5. The molecule has 44 heavy (non-hydrogen) atoms. The standard InChI is InChI=1S/C40H24N2OS/c1-3-12-25(13-4-1)27-16-9-17-28(24-27)29-19-10-20-31-35-32(21-11-22-33(35)43-38(29)31)40-41-36(26-14-5-2-6-15-26)39-37(42-40)30-18-7-8-23-34(30)44-39/h1-24H. The molecule has 0 amide bonds. The molecule has 0 aliphatic heterocycles. The van der Waals surface area contributed by atoms with Crippen LogP contribution in [0, 0.1) is 0 Å². The van der Waals surface area contributed by atoms with E-state index < -0.39 is 0 Å². The number of aromatic nitrogens is 2. The minimum atomic E-state index is 0.699. The molecule has 9 rings (SSSR count). The van der Waals surface area contributed by atoms with E-state index in [4.69, 9.17) is 14.4 Å². The van der Waals surface area contributed by atoms with Gasteiger partial charge in [0.05, 0.1) is 15.9 Å². The molecule has 0 radical (unpaired) electrons. The SMILES string of the molecule is c1ccc(-c2cccc(-c3cccc4c3oc3cccc(-c5nc(-c6ccccc6)c6sc7ccccc7c6n5)c34)c2)cc1. The molecule has 0 saturated carbocycles. The van der Waals surface area contributed by atoms with Crippen molar-refractivity contribution in [1.29, 1.82) is 0 Å². The van der Waals surface area contributed by atoms with E-state index in [2.05, 4.69) is 121 Å². The molecular weight excluding hydrogens is 557 g/mol. The van der Waals surface area contributed by atoms with E-state index in [0.717, 1.165) is 65.5 Å². The number of para-hydroxylation sites is 1. The number of hydrogen-bond donors (Lipinski definition) is 0. The van der Waals surface area contributed by atoms with E-state index in [1.165, 1.54) is 15.8 Å². The normalized spacial score (nSPS) is 11.6. The predicted octanol–water partition coefficient (Wildman–Crippen LogP) is 11.4. The van der Waals surface area contributed by atoms with Crippen LogP contribution in [0.1, 0.15) is 0 Å². The number of thiophene rings is 1. The quantitative estimate of drug-likeness (QED) is 0.208. The van der Waals surface area contributed by atoms with Gasteiger partial charge in [0.2, 0.25) is 0 Å². The first-order valence-corrected chi connectivity index (χ1v) is 15.5. The van der Waals surface area contributed by atoms with Crippen LogP contribution in [0.2, 0.25) is 0 Å². The molecule has 0 aliphatic carbocycles. The molecular formula is C40H24N2OS. The highest BCUT2D eigenvalue weighted by molar-refractivity contribution is 7.26. The van der Waals surface area contributed by atoms with Crippen molar-refractivity contribution < 1.29 is 4.42 Å². The maximum absolute atomic E-state index is 6.65. The third-order valence-corrected chi connectivity index (χ3v) is 9.48. The van der Waals surface area contributed by atoms with E-state index >= 15 is 0 Å². The van der Waals surface area contributed by atoms with Gasteiger partial charge < -0.3 is 4.42 Å². The van der Waals surface area contributed by atoms with E-state index in [9.17, 15) is 0 Å². The summed E-state index contributed by atoms with van der Waals surface area (Å²) in [6, 6.07) is 50.6. The Morgan fingerprint density at radius 1 is 0.500 bits per heavy atom. The molecule has 4 heteroatoms. The zero-order chi connectivity index (χ0) is 29.0. The predicted molar refractivity (Wildman–Crippen MR) is 184 cm³/mol. The zero-order valence-electron chi connectivity index (χ0n) is 23.6. The Balaban J connectivity index is 1.29. The first kappa shape index (κ1) is 25.0. The van der Waals surface area contributed by atoms with E-state index in [0.29, 0.717) is 5.82 Å². The van der Waals surface area contributed by atoms with Gasteiger partial charge in [0.25, 0.3) is 0 Å². The average Bonchev–Trinajstić information content (AvgIpc) is 3.67. The fourth-order valence-electron chi connectivity index (χ4n) is 6.26. The third-order valence-electron chi connectivity index (χ3n) is 8.31. The Kier molecular flexibility index (Phi) is 5.68. The first-order valence-electron chi connectivity index (χ1n) is 14.7. The molecule has 3 aromatic heterocycles. The molecule has 0 atom stereocenters. The summed E-state index contributed by atoms with van der Waals surface area (Å²) in [5.74, 6) is 0.699. The van der Waals surface area contributed by atoms with Crippen molar-refractivity contribution in [3.8, 4) is 44.9 Å². The van der Waals surface area contributed by atoms with Crippen molar-refractivity contribution >= 4 is 53.6 Å². The second-order valence-corrected chi connectivity index (χ2v) is 12.0. The van der Waals surface area contributed by atoms with Gasteiger partial charge in [-0.25, -0.2) is 9.97 Å². The highest BCUT2D eigenvalue weighted by Crippen LogP contribution is 2.43. The molecule has 206 valence electrons. The number of benzene rings is 6. The second kappa shape index (κ2) is 10.0. The molecule has 9 aromatic rings. The Hall–Kier alpha value is -5.58. The molecule has 0 fully saturated rings. The van der Waals surface area contributed by atoms with Crippen molar-refractivity contribution in [2.24, 2.45) is 0 Å². The Bertz CT molecular complexity index is 2490. The molecule has 6 aromatic carbocycles. The third kappa shape index (κ3) is 3.96. The molecule has 0 saturated heterocycles. The first-order chi connectivity index (χ1) is 21.8. The molecule has 0 N–H and O–H groups in total. The van der Waals surface area contributed by atoms with Crippen molar-refractivity contribution in [2.75, 3.05) is 0 Å². The van der Waals surface area contributed by atoms with Gasteiger partial charge in [-0.2, -0.15) is 0 Å². The van der Waals surface area contributed by atoms with E-state index in [-0.39, 0.29) is 0 Å². The van der Waals surface area contributed by atoms with Crippen LogP contribution in [-0.4, -0.2) is 9.97 Å². The molecule has 3 heterocycles. The highest BCUT2D eigenvalue weighted by Gasteiger charge is 2.21. The molecule has 0 bridgehead atoms. The largest absolute Gasteiger partial charge is 0.455 e. The summed E-state index contributed by atoms with van der Waals surface area (Å²) in [7, 11) is 0. The minimum absolute atomic E-state index is 0.699. The maximum atomic E-state index is 6.65. The molecule has 0 unspecified atom stereocenters. The number of hydrogen-bond acceptors (Lipinski definition) is 4. The molecule has 0 spiro atoms. The fourth-order valence-corrected chi connectivity index (χ4v) is 7.42. The van der Waals surface area contributed by atoms with Crippen LogP contribution < -0.4 is 0 Å². The van der Waals surface area contributed by atoms with Crippen LogP contribution in [0.5, 0.6) is 0 Å². The van der Waals surface area contributed by atoms with Crippen molar-refractivity contribution in [2.45, 2.75) is 0 Å². The van der Waals surface area contributed by atoms with Gasteiger partial charge >= 0.3 is 0 Å². The monoisotopic (exact) mass is 580 g/mol. The van der Waals surface area contributed by atoms with Crippen LogP contribution in [0.25, 0.3) is 87.1 Å². The van der Waals surface area contributed by atoms with Crippen molar-refractivity contribution in [1.82, 2.24) is 9.97 Å². The lowest BCUT2D eigenvalue weighted by molar-refractivity contribution is 0.670. The van der Waals surface area contributed by atoms with Gasteiger partial charge in [-0.15, -0.1) is 11.3 Å². The summed E-state index contributed by atoms with van der Waals surface area (Å²) in [5.41, 5.74) is 10.2. The van der Waals surface area contributed by atoms with E-state index in [1.807, 2.05) is 24.3 Å². The number of rotatable bonds is 4. The Morgan fingerprint density at radius 3 is 2.02 bits per heavy atom. The minimum Gasteiger partial charge on any atom is -0.455 e. The smallest absolute Gasteiger partial charge is 0.161 e. The van der Waals surface area contributed by atoms with Crippen LogP contribution in [0.4, 0.5) is 0 Å². The number of fused-ring (bicyclic) bond motifs is 6. The number of nitrogens with zero attached hydrogens (tertiary/aromatic N) is 2. The van der Waals surface area contributed by atoms with Crippen LogP contribution in [0.15, 0.2) is 150 Å². The lowest BCUT2D eigenvalue weighted by Gasteiger charge is -2.08. The highest BCUT2D eigenvalue weighted by atomic mass is 32.1. The van der Waals surface area contributed by atoms with E-state index in [1.54, 1.807) is 11.3 Å². The Labute approximate surface area is 257 Å². The van der Waals surface area contributed by atoms with Gasteiger partial charge in [0, 0.05) is 37.5 Å². The van der Waals surface area contributed by atoms with Gasteiger partial charge in [-0.3, -0.25) is 0 Å². The topological polar surface area (TPSA) is 38.9 Å². The van der Waals surface area contributed by atoms with Crippen molar-refractivity contribution in [3.05, 3.63) is 146 Å². The fraction of sp³-hybridized carbons (Fsp3) is 0. The van der Waals surface area contributed by atoms with Crippen LogP contribution >= 0.6 is 11.3 Å². The van der Waals surface area contributed by atoms with Gasteiger partial charge in [0.1, 0.15) is 11.2 Å². The van der Waals surface area contributed by atoms with Gasteiger partial charge in [-0.1, -0.05) is 127 Å². The summed E-state index contributed by atoms with van der Waals surface area (Å²) in [5, 5.41) is 3.23. The van der Waals surface area contributed by atoms with Crippen LogP contribution in [-0.2, 0) is 0 Å². The summed E-state index contributed by atoms with van der Waals surface area (Å²) >= 11 is 1.75. The maximum Gasteiger partial charge on any atom is 0.161 e.